The third-order valence-corrected chi connectivity index (χ3v) is 6.55. The Balaban J connectivity index is 1.48. The molecule has 0 radical (unpaired) electrons. The van der Waals surface area contributed by atoms with Crippen molar-refractivity contribution >= 4 is 45.7 Å². The lowest BCUT2D eigenvalue weighted by atomic mass is 10.1. The van der Waals surface area contributed by atoms with Gasteiger partial charge in [0, 0.05) is 22.7 Å². The zero-order chi connectivity index (χ0) is 24.8. The Labute approximate surface area is 212 Å². The van der Waals surface area contributed by atoms with Crippen LogP contribution in [0, 0.1) is 13.8 Å². The van der Waals surface area contributed by atoms with E-state index < -0.39 is 18.0 Å². The maximum absolute atomic E-state index is 13.2. The van der Waals surface area contributed by atoms with Crippen molar-refractivity contribution in [2.75, 3.05) is 10.6 Å². The highest BCUT2D eigenvalue weighted by Crippen LogP contribution is 2.27. The van der Waals surface area contributed by atoms with E-state index in [9.17, 15) is 9.59 Å². The van der Waals surface area contributed by atoms with Crippen LogP contribution in [-0.4, -0.2) is 28.2 Å². The van der Waals surface area contributed by atoms with Crippen molar-refractivity contribution < 1.29 is 9.59 Å². The van der Waals surface area contributed by atoms with Gasteiger partial charge in [0.05, 0.1) is 0 Å². The maximum Gasteiger partial charge on any atom is 0.319 e. The Hall–Kier alpha value is -3.75. The van der Waals surface area contributed by atoms with Crippen LogP contribution in [0.5, 0.6) is 0 Å². The van der Waals surface area contributed by atoms with Gasteiger partial charge in [0.2, 0.25) is 11.0 Å². The summed E-state index contributed by atoms with van der Waals surface area (Å²) in [4.78, 5) is 25.9. The number of amides is 3. The molecule has 1 aromatic heterocycles. The molecule has 0 aliphatic heterocycles. The van der Waals surface area contributed by atoms with Crippen molar-refractivity contribution in [3.8, 4) is 10.6 Å². The molecule has 4 aromatic rings. The van der Waals surface area contributed by atoms with Gasteiger partial charge in [-0.25, -0.2) is 4.79 Å². The smallest absolute Gasteiger partial charge is 0.319 e. The lowest BCUT2D eigenvalue weighted by Crippen LogP contribution is -2.46. The van der Waals surface area contributed by atoms with Gasteiger partial charge in [-0.1, -0.05) is 83.1 Å². The molecule has 35 heavy (non-hydrogen) atoms. The number of carbonyl (C=O) groups is 2. The summed E-state index contributed by atoms with van der Waals surface area (Å²) in [5.74, 6) is -0.391. The Bertz CT molecular complexity index is 1340. The number of hydrogen-bond donors (Lipinski definition) is 3. The van der Waals surface area contributed by atoms with Crippen molar-refractivity contribution in [2.24, 2.45) is 0 Å². The quantitative estimate of drug-likeness (QED) is 0.293. The Morgan fingerprint density at radius 1 is 0.943 bits per heavy atom. The van der Waals surface area contributed by atoms with Crippen LogP contribution in [0.15, 0.2) is 72.8 Å². The fourth-order valence-corrected chi connectivity index (χ4v) is 4.34. The summed E-state index contributed by atoms with van der Waals surface area (Å²) in [6.07, 6.45) is 0.304. The molecule has 1 heterocycles. The van der Waals surface area contributed by atoms with Crippen LogP contribution < -0.4 is 16.0 Å². The number of aryl methyl sites for hydroxylation is 2. The molecule has 1 atom stereocenters. The second-order valence-corrected chi connectivity index (χ2v) is 9.46. The predicted octanol–water partition coefficient (Wildman–Crippen LogP) is 5.85. The number of hydrogen-bond acceptors (Lipinski definition) is 5. The van der Waals surface area contributed by atoms with E-state index in [-0.39, 0.29) is 0 Å². The first kappa shape index (κ1) is 24.4. The molecule has 3 amide bonds. The van der Waals surface area contributed by atoms with Crippen molar-refractivity contribution in [1.82, 2.24) is 15.5 Å². The zero-order valence-electron chi connectivity index (χ0n) is 19.2. The molecule has 0 saturated heterocycles. The molecule has 4 rings (SSSR count). The molecule has 0 aliphatic rings. The first-order valence-corrected chi connectivity index (χ1v) is 12.2. The fourth-order valence-electron chi connectivity index (χ4n) is 3.42. The summed E-state index contributed by atoms with van der Waals surface area (Å²) in [7, 11) is 0. The Kier molecular flexibility index (Phi) is 7.74. The fraction of sp³-hybridized carbons (Fsp3) is 0.154. The van der Waals surface area contributed by atoms with Gasteiger partial charge in [-0.15, -0.1) is 10.2 Å². The number of carbonyl (C=O) groups excluding carboxylic acids is 2. The Morgan fingerprint density at radius 3 is 2.49 bits per heavy atom. The SMILES string of the molecule is Cc1cccc(-c2nnc(NC(=O)[C@@H](Cc3ccccc3)NC(=O)Nc3ccc(C)c(Cl)c3)s2)c1. The first-order chi connectivity index (χ1) is 16.9. The molecule has 3 aromatic carbocycles. The predicted molar refractivity (Wildman–Crippen MR) is 141 cm³/mol. The number of benzene rings is 3. The normalized spacial score (nSPS) is 11.5. The van der Waals surface area contributed by atoms with Crippen molar-refractivity contribution in [1.29, 1.82) is 0 Å². The number of halogens is 1. The van der Waals surface area contributed by atoms with Crippen LogP contribution in [0.4, 0.5) is 15.6 Å². The third kappa shape index (κ3) is 6.65. The molecule has 0 unspecified atom stereocenters. The average molecular weight is 506 g/mol. The highest BCUT2D eigenvalue weighted by Gasteiger charge is 2.23. The molecule has 7 nitrogen and oxygen atoms in total. The van der Waals surface area contributed by atoms with E-state index in [0.29, 0.717) is 27.3 Å². The molecule has 0 fully saturated rings. The van der Waals surface area contributed by atoms with Gasteiger partial charge in [0.1, 0.15) is 11.0 Å². The van der Waals surface area contributed by atoms with Crippen LogP contribution >= 0.6 is 22.9 Å². The Morgan fingerprint density at radius 2 is 1.74 bits per heavy atom. The van der Waals surface area contributed by atoms with Gasteiger partial charge in [-0.3, -0.25) is 10.1 Å². The molecular weight excluding hydrogens is 482 g/mol. The molecule has 3 N–H and O–H groups in total. The third-order valence-electron chi connectivity index (χ3n) is 5.25. The van der Waals surface area contributed by atoms with Crippen LogP contribution in [0.2, 0.25) is 5.02 Å². The van der Waals surface area contributed by atoms with Gasteiger partial charge < -0.3 is 10.6 Å². The molecule has 0 aliphatic carbocycles. The first-order valence-electron chi connectivity index (χ1n) is 11.0. The summed E-state index contributed by atoms with van der Waals surface area (Å²) >= 11 is 7.43. The molecule has 178 valence electrons. The van der Waals surface area contributed by atoms with E-state index in [4.69, 9.17) is 11.6 Å². The number of urea groups is 1. The van der Waals surface area contributed by atoms with Gasteiger partial charge in [-0.05, 0) is 43.2 Å². The molecule has 0 spiro atoms. The summed E-state index contributed by atoms with van der Waals surface area (Å²) in [5.41, 5.74) is 4.38. The van der Waals surface area contributed by atoms with E-state index in [1.54, 1.807) is 12.1 Å². The summed E-state index contributed by atoms with van der Waals surface area (Å²) < 4.78 is 0. The van der Waals surface area contributed by atoms with E-state index in [1.165, 1.54) is 11.3 Å². The van der Waals surface area contributed by atoms with Crippen LogP contribution in [0.3, 0.4) is 0 Å². The number of aromatic nitrogens is 2. The van der Waals surface area contributed by atoms with Gasteiger partial charge in [0.25, 0.3) is 0 Å². The van der Waals surface area contributed by atoms with Crippen molar-refractivity contribution in [3.63, 3.8) is 0 Å². The van der Waals surface area contributed by atoms with Gasteiger partial charge in [-0.2, -0.15) is 0 Å². The number of rotatable bonds is 7. The van der Waals surface area contributed by atoms with E-state index in [1.807, 2.05) is 74.5 Å². The number of anilines is 2. The van der Waals surface area contributed by atoms with Gasteiger partial charge in [0.15, 0.2) is 0 Å². The second kappa shape index (κ2) is 11.1. The maximum atomic E-state index is 13.2. The lowest BCUT2D eigenvalue weighted by molar-refractivity contribution is -0.117. The highest BCUT2D eigenvalue weighted by atomic mass is 35.5. The second-order valence-electron chi connectivity index (χ2n) is 8.08. The minimum Gasteiger partial charge on any atom is -0.326 e. The largest absolute Gasteiger partial charge is 0.326 e. The topological polar surface area (TPSA) is 96.0 Å². The van der Waals surface area contributed by atoms with Crippen molar-refractivity contribution in [3.05, 3.63) is 94.5 Å². The summed E-state index contributed by atoms with van der Waals surface area (Å²) in [6.45, 7) is 3.88. The number of nitrogens with one attached hydrogen (secondary N) is 3. The van der Waals surface area contributed by atoms with Crippen LogP contribution in [0.1, 0.15) is 16.7 Å². The highest BCUT2D eigenvalue weighted by molar-refractivity contribution is 7.18. The van der Waals surface area contributed by atoms with E-state index >= 15 is 0 Å². The average Bonchev–Trinajstić information content (AvgIpc) is 3.30. The lowest BCUT2D eigenvalue weighted by Gasteiger charge is -2.18. The monoisotopic (exact) mass is 505 g/mol. The standard InChI is InChI=1S/C26H24ClN5O2S/c1-16-7-6-10-19(13-16)24-31-32-26(35-24)30-23(33)22(14-18-8-4-3-5-9-18)29-25(34)28-20-12-11-17(2)21(27)15-20/h3-13,15,22H,14H2,1-2H3,(H2,28,29,34)(H,30,32,33)/t22-/m1/s1. The molecule has 0 saturated carbocycles. The van der Waals surface area contributed by atoms with Crippen molar-refractivity contribution in [2.45, 2.75) is 26.3 Å². The number of nitrogens with zero attached hydrogens (tertiary/aromatic N) is 2. The van der Waals surface area contributed by atoms with E-state index in [2.05, 4.69) is 26.1 Å². The minimum atomic E-state index is -0.843. The van der Waals surface area contributed by atoms with Crippen LogP contribution in [-0.2, 0) is 11.2 Å². The molecule has 9 heteroatoms. The summed E-state index contributed by atoms with van der Waals surface area (Å²) in [5, 5.41) is 18.2. The van der Waals surface area contributed by atoms with E-state index in [0.717, 1.165) is 22.3 Å². The van der Waals surface area contributed by atoms with Crippen LogP contribution in [0.25, 0.3) is 10.6 Å². The zero-order valence-corrected chi connectivity index (χ0v) is 20.8. The summed E-state index contributed by atoms with van der Waals surface area (Å²) in [6, 6.07) is 21.2. The minimum absolute atomic E-state index is 0.304. The molecular formula is C26H24ClN5O2S. The molecule has 0 bridgehead atoms. The van der Waals surface area contributed by atoms with Gasteiger partial charge >= 0.3 is 6.03 Å².